The van der Waals surface area contributed by atoms with Gasteiger partial charge < -0.3 is 10.6 Å². The number of carbonyl (C=O) groups is 3. The molecule has 0 unspecified atom stereocenters. The second-order valence-electron chi connectivity index (χ2n) is 6.22. The molecule has 3 rings (SSSR count). The summed E-state index contributed by atoms with van der Waals surface area (Å²) in [6.07, 6.45) is 7.41. The average Bonchev–Trinajstić information content (AvgIpc) is 3.35. The molecule has 1 fully saturated rings. The van der Waals surface area contributed by atoms with Crippen LogP contribution in [0.2, 0.25) is 0 Å². The largest absolute Gasteiger partial charge is 0.352 e. The molecule has 2 N–H and O–H groups in total. The number of urea groups is 1. The van der Waals surface area contributed by atoms with E-state index in [1.807, 2.05) is 0 Å². The van der Waals surface area contributed by atoms with Crippen LogP contribution in [0.3, 0.4) is 0 Å². The average molecular weight is 353 g/mol. The molecule has 0 bridgehead atoms. The minimum absolute atomic E-state index is 0.0120. The number of terminal acetylenes is 1. The molecule has 0 radical (unpaired) electrons. The van der Waals surface area contributed by atoms with Gasteiger partial charge in [0.2, 0.25) is 5.91 Å². The maximum atomic E-state index is 12.0. The van der Waals surface area contributed by atoms with Crippen molar-refractivity contribution in [1.82, 2.24) is 10.6 Å². The van der Waals surface area contributed by atoms with Crippen molar-refractivity contribution in [3.8, 4) is 12.3 Å². The molecule has 134 valence electrons. The summed E-state index contributed by atoms with van der Waals surface area (Å²) in [6.45, 7) is 0.378. The van der Waals surface area contributed by atoms with E-state index < -0.39 is 11.7 Å². The van der Waals surface area contributed by atoms with Crippen LogP contribution in [-0.2, 0) is 16.1 Å². The number of anilines is 1. The molecule has 2 heterocycles. The maximum Gasteiger partial charge on any atom is 0.329 e. The van der Waals surface area contributed by atoms with E-state index in [1.165, 1.54) is 0 Å². The number of amides is 4. The summed E-state index contributed by atoms with van der Waals surface area (Å²) in [6, 6.07) is 6.48. The number of hydrogen-bond donors (Lipinski definition) is 2. The lowest BCUT2D eigenvalue weighted by Gasteiger charge is -2.13. The van der Waals surface area contributed by atoms with E-state index >= 15 is 0 Å². The Bertz CT molecular complexity index is 772. The predicted molar refractivity (Wildman–Crippen MR) is 94.1 cm³/mol. The molecule has 0 atom stereocenters. The monoisotopic (exact) mass is 353 g/mol. The van der Waals surface area contributed by atoms with Gasteiger partial charge in [0.15, 0.2) is 5.66 Å². The molecule has 0 aromatic heterocycles. The Balaban J connectivity index is 1.45. The quantitative estimate of drug-likeness (QED) is 0.549. The van der Waals surface area contributed by atoms with Gasteiger partial charge in [-0.05, 0) is 17.7 Å². The van der Waals surface area contributed by atoms with Crippen LogP contribution in [0.5, 0.6) is 0 Å². The van der Waals surface area contributed by atoms with Crippen molar-refractivity contribution >= 4 is 23.5 Å². The molecule has 0 spiro atoms. The van der Waals surface area contributed by atoms with Crippen LogP contribution in [0, 0.1) is 12.3 Å². The first-order valence-corrected chi connectivity index (χ1v) is 8.37. The Morgan fingerprint density at radius 1 is 1.27 bits per heavy atom. The maximum absolute atomic E-state index is 12.0. The highest BCUT2D eigenvalue weighted by Crippen LogP contribution is 2.37. The van der Waals surface area contributed by atoms with E-state index in [2.05, 4.69) is 26.8 Å². The van der Waals surface area contributed by atoms with Gasteiger partial charge in [0.05, 0.1) is 12.2 Å². The van der Waals surface area contributed by atoms with E-state index in [9.17, 15) is 14.4 Å². The van der Waals surface area contributed by atoms with Gasteiger partial charge in [-0.15, -0.1) is 12.3 Å². The standard InChI is InChI=1S/C18H19N5O3/c1-2-3-9-18(21-22-18)10-8-15(24)19-11-13-4-6-14(7-5-13)23-16(25)12-20-17(23)26/h1,4-7H,3,8-12H2,(H,19,24)(H,20,26). The highest BCUT2D eigenvalue weighted by Gasteiger charge is 2.39. The minimum atomic E-state index is -0.450. The van der Waals surface area contributed by atoms with Crippen LogP contribution in [0.1, 0.15) is 31.2 Å². The number of benzene rings is 1. The number of carbonyl (C=O) groups excluding carboxylic acids is 3. The summed E-state index contributed by atoms with van der Waals surface area (Å²) in [4.78, 5) is 36.4. The van der Waals surface area contributed by atoms with Crippen LogP contribution in [0.4, 0.5) is 10.5 Å². The SMILES string of the molecule is C#CCCC1(CCC(=O)NCc2ccc(N3C(=O)CNC3=O)cc2)N=N1. The zero-order chi connectivity index (χ0) is 18.6. The number of rotatable bonds is 8. The third-order valence-electron chi connectivity index (χ3n) is 4.33. The predicted octanol–water partition coefficient (Wildman–Crippen LogP) is 1.71. The summed E-state index contributed by atoms with van der Waals surface area (Å²) in [5.41, 5.74) is 0.929. The van der Waals surface area contributed by atoms with Crippen molar-refractivity contribution in [1.29, 1.82) is 0 Å². The summed E-state index contributed by atoms with van der Waals surface area (Å²) < 4.78 is 0. The summed E-state index contributed by atoms with van der Waals surface area (Å²) in [5, 5.41) is 13.3. The Labute approximate surface area is 151 Å². The second-order valence-corrected chi connectivity index (χ2v) is 6.22. The van der Waals surface area contributed by atoms with Crippen LogP contribution < -0.4 is 15.5 Å². The third kappa shape index (κ3) is 4.06. The van der Waals surface area contributed by atoms with E-state index in [0.717, 1.165) is 10.5 Å². The highest BCUT2D eigenvalue weighted by atomic mass is 16.2. The van der Waals surface area contributed by atoms with Gasteiger partial charge >= 0.3 is 6.03 Å². The molecule has 8 heteroatoms. The Kier molecular flexibility index (Phi) is 4.98. The first-order valence-electron chi connectivity index (χ1n) is 8.37. The van der Waals surface area contributed by atoms with E-state index in [0.29, 0.717) is 37.9 Å². The third-order valence-corrected chi connectivity index (χ3v) is 4.33. The van der Waals surface area contributed by atoms with Crippen LogP contribution in [0.25, 0.3) is 0 Å². The molecule has 8 nitrogen and oxygen atoms in total. The van der Waals surface area contributed by atoms with E-state index in [1.54, 1.807) is 24.3 Å². The molecule has 4 amide bonds. The zero-order valence-corrected chi connectivity index (χ0v) is 14.2. The first-order chi connectivity index (χ1) is 12.5. The van der Waals surface area contributed by atoms with Gasteiger partial charge in [-0.3, -0.25) is 9.59 Å². The van der Waals surface area contributed by atoms with E-state index in [4.69, 9.17) is 6.42 Å². The fraction of sp³-hybridized carbons (Fsp3) is 0.389. The lowest BCUT2D eigenvalue weighted by atomic mass is 10.0. The molecule has 0 aliphatic carbocycles. The van der Waals surface area contributed by atoms with Gasteiger partial charge in [-0.1, -0.05) is 12.1 Å². The van der Waals surface area contributed by atoms with Crippen LogP contribution >= 0.6 is 0 Å². The van der Waals surface area contributed by atoms with Crippen LogP contribution in [-0.4, -0.2) is 30.1 Å². The smallest absolute Gasteiger partial charge is 0.329 e. The molecule has 26 heavy (non-hydrogen) atoms. The summed E-state index contributed by atoms with van der Waals surface area (Å²) >= 11 is 0. The first kappa shape index (κ1) is 17.6. The Morgan fingerprint density at radius 3 is 2.58 bits per heavy atom. The normalized spacial score (nSPS) is 17.0. The van der Waals surface area contributed by atoms with E-state index in [-0.39, 0.29) is 18.4 Å². The highest BCUT2D eigenvalue weighted by molar-refractivity contribution is 6.19. The molecule has 1 saturated heterocycles. The van der Waals surface area contributed by atoms with Gasteiger partial charge in [-0.25, -0.2) is 9.69 Å². The topological polar surface area (TPSA) is 103 Å². The van der Waals surface area contributed by atoms with Crippen molar-refractivity contribution < 1.29 is 14.4 Å². The van der Waals surface area contributed by atoms with Crippen LogP contribution in [0.15, 0.2) is 34.5 Å². The van der Waals surface area contributed by atoms with Crippen molar-refractivity contribution in [3.63, 3.8) is 0 Å². The fourth-order valence-corrected chi connectivity index (χ4v) is 2.72. The molecule has 1 aromatic carbocycles. The number of hydrogen-bond acceptors (Lipinski definition) is 5. The number of nitrogens with zero attached hydrogens (tertiary/aromatic N) is 3. The minimum Gasteiger partial charge on any atom is -0.352 e. The Hall–Kier alpha value is -3.21. The molecule has 1 aromatic rings. The summed E-state index contributed by atoms with van der Waals surface area (Å²) in [7, 11) is 0. The van der Waals surface area contributed by atoms with Gasteiger partial charge in [0.1, 0.15) is 0 Å². The second kappa shape index (κ2) is 7.35. The molecule has 0 saturated carbocycles. The van der Waals surface area contributed by atoms with Crippen molar-refractivity contribution in [3.05, 3.63) is 29.8 Å². The van der Waals surface area contributed by atoms with Crippen molar-refractivity contribution in [2.45, 2.75) is 37.9 Å². The molecular weight excluding hydrogens is 334 g/mol. The Morgan fingerprint density at radius 2 is 2.00 bits per heavy atom. The van der Waals surface area contributed by atoms with Crippen molar-refractivity contribution in [2.24, 2.45) is 10.2 Å². The van der Waals surface area contributed by atoms with Gasteiger partial charge in [-0.2, -0.15) is 10.2 Å². The summed E-state index contributed by atoms with van der Waals surface area (Å²) in [5.74, 6) is 2.19. The fourth-order valence-electron chi connectivity index (χ4n) is 2.72. The lowest BCUT2D eigenvalue weighted by molar-refractivity contribution is -0.121. The van der Waals surface area contributed by atoms with Gasteiger partial charge in [0, 0.05) is 32.2 Å². The van der Waals surface area contributed by atoms with Gasteiger partial charge in [0.25, 0.3) is 5.91 Å². The lowest BCUT2D eigenvalue weighted by Crippen LogP contribution is -2.30. The number of nitrogens with one attached hydrogen (secondary N) is 2. The zero-order valence-electron chi connectivity index (χ0n) is 14.2. The van der Waals surface area contributed by atoms with Crippen molar-refractivity contribution in [2.75, 3.05) is 11.4 Å². The molecule has 2 aliphatic rings. The molecular formula is C18H19N5O3. The molecule has 2 aliphatic heterocycles. The number of imide groups is 1.